The molecular weight excluding hydrogens is 352 g/mol. The summed E-state index contributed by atoms with van der Waals surface area (Å²) in [7, 11) is 1.60. The molecule has 0 bridgehead atoms. The van der Waals surface area contributed by atoms with E-state index in [4.69, 9.17) is 4.74 Å². The molecular formula is C20H17F2N3O2. The van der Waals surface area contributed by atoms with Crippen LogP contribution in [0.4, 0.5) is 20.3 Å². The lowest BCUT2D eigenvalue weighted by Gasteiger charge is -2.10. The van der Waals surface area contributed by atoms with Gasteiger partial charge in [0.05, 0.1) is 7.11 Å². The van der Waals surface area contributed by atoms with Crippen molar-refractivity contribution in [3.8, 4) is 5.75 Å². The number of halogens is 2. The number of para-hydroxylation sites is 1. The number of aromatic nitrogens is 1. The van der Waals surface area contributed by atoms with Gasteiger partial charge in [-0.25, -0.2) is 13.8 Å². The Morgan fingerprint density at radius 2 is 1.78 bits per heavy atom. The predicted molar refractivity (Wildman–Crippen MR) is 98.9 cm³/mol. The average molecular weight is 369 g/mol. The second kappa shape index (κ2) is 8.27. The van der Waals surface area contributed by atoms with Crippen molar-refractivity contribution < 1.29 is 18.3 Å². The highest BCUT2D eigenvalue weighted by atomic mass is 19.1. The molecule has 0 aliphatic rings. The number of hydrogen-bond acceptors (Lipinski definition) is 4. The third kappa shape index (κ3) is 4.58. The van der Waals surface area contributed by atoms with Crippen LogP contribution in [0.25, 0.3) is 0 Å². The Labute approximate surface area is 155 Å². The largest absolute Gasteiger partial charge is 0.497 e. The molecule has 5 nitrogen and oxygen atoms in total. The highest BCUT2D eigenvalue weighted by Gasteiger charge is 2.14. The van der Waals surface area contributed by atoms with Crippen LogP contribution in [0.1, 0.15) is 15.9 Å². The molecule has 138 valence electrons. The molecule has 0 fully saturated rings. The minimum Gasteiger partial charge on any atom is -0.497 e. The van der Waals surface area contributed by atoms with Crippen LogP contribution in [0.5, 0.6) is 5.75 Å². The molecule has 0 radical (unpaired) electrons. The summed E-state index contributed by atoms with van der Waals surface area (Å²) in [5, 5.41) is 5.35. The Hall–Kier alpha value is -3.48. The SMILES string of the molecule is COc1ccc(CNc2cc(C(=O)Nc3c(F)cccc3F)ccn2)cc1. The van der Waals surface area contributed by atoms with Gasteiger partial charge in [-0.15, -0.1) is 0 Å². The van der Waals surface area contributed by atoms with E-state index < -0.39 is 23.2 Å². The number of methoxy groups -OCH3 is 1. The zero-order valence-corrected chi connectivity index (χ0v) is 14.5. The first-order valence-corrected chi connectivity index (χ1v) is 8.15. The van der Waals surface area contributed by atoms with Gasteiger partial charge < -0.3 is 15.4 Å². The molecule has 0 saturated carbocycles. The second-order valence-corrected chi connectivity index (χ2v) is 5.68. The number of amides is 1. The lowest BCUT2D eigenvalue weighted by molar-refractivity contribution is 0.102. The van der Waals surface area contributed by atoms with Gasteiger partial charge in [-0.05, 0) is 42.0 Å². The average Bonchev–Trinajstić information content (AvgIpc) is 2.70. The monoisotopic (exact) mass is 369 g/mol. The van der Waals surface area contributed by atoms with Gasteiger partial charge in [0.2, 0.25) is 0 Å². The number of nitrogens with zero attached hydrogens (tertiary/aromatic N) is 1. The van der Waals surface area contributed by atoms with Crippen molar-refractivity contribution in [1.82, 2.24) is 4.98 Å². The van der Waals surface area contributed by atoms with Crippen LogP contribution < -0.4 is 15.4 Å². The fourth-order valence-corrected chi connectivity index (χ4v) is 2.41. The maximum Gasteiger partial charge on any atom is 0.256 e. The zero-order valence-electron chi connectivity index (χ0n) is 14.5. The summed E-state index contributed by atoms with van der Waals surface area (Å²) in [6.07, 6.45) is 1.45. The molecule has 0 unspecified atom stereocenters. The molecule has 2 N–H and O–H groups in total. The van der Waals surface area contributed by atoms with Crippen LogP contribution >= 0.6 is 0 Å². The number of ether oxygens (including phenoxy) is 1. The fraction of sp³-hybridized carbons (Fsp3) is 0.100. The van der Waals surface area contributed by atoms with Crippen molar-refractivity contribution >= 4 is 17.4 Å². The fourth-order valence-electron chi connectivity index (χ4n) is 2.41. The summed E-state index contributed by atoms with van der Waals surface area (Å²) in [6, 6.07) is 13.9. The van der Waals surface area contributed by atoms with Crippen molar-refractivity contribution in [2.45, 2.75) is 6.54 Å². The van der Waals surface area contributed by atoms with Crippen LogP contribution in [-0.2, 0) is 6.54 Å². The first kappa shape index (κ1) is 18.3. The summed E-state index contributed by atoms with van der Waals surface area (Å²) in [4.78, 5) is 16.5. The van der Waals surface area contributed by atoms with E-state index >= 15 is 0 Å². The quantitative estimate of drug-likeness (QED) is 0.682. The van der Waals surface area contributed by atoms with Crippen LogP contribution in [0.3, 0.4) is 0 Å². The van der Waals surface area contributed by atoms with Crippen LogP contribution in [0, 0.1) is 11.6 Å². The Balaban J connectivity index is 1.68. The molecule has 27 heavy (non-hydrogen) atoms. The molecule has 0 aliphatic carbocycles. The third-order valence-corrected chi connectivity index (χ3v) is 3.86. The number of hydrogen-bond donors (Lipinski definition) is 2. The van der Waals surface area contributed by atoms with E-state index in [9.17, 15) is 13.6 Å². The van der Waals surface area contributed by atoms with Gasteiger partial charge >= 0.3 is 0 Å². The molecule has 3 rings (SSSR count). The molecule has 0 aliphatic heterocycles. The number of carbonyl (C=O) groups excluding carboxylic acids is 1. The van der Waals surface area contributed by atoms with E-state index in [1.165, 1.54) is 24.4 Å². The lowest BCUT2D eigenvalue weighted by Crippen LogP contribution is -2.15. The van der Waals surface area contributed by atoms with E-state index in [1.807, 2.05) is 24.3 Å². The summed E-state index contributed by atoms with van der Waals surface area (Å²) in [6.45, 7) is 0.490. The maximum atomic E-state index is 13.7. The Kier molecular flexibility index (Phi) is 5.61. The maximum absolute atomic E-state index is 13.7. The van der Waals surface area contributed by atoms with Gasteiger partial charge in [0.15, 0.2) is 0 Å². The van der Waals surface area contributed by atoms with Gasteiger partial charge in [0.1, 0.15) is 28.9 Å². The van der Waals surface area contributed by atoms with E-state index in [1.54, 1.807) is 7.11 Å². The van der Waals surface area contributed by atoms with Crippen molar-refractivity contribution in [3.05, 3.63) is 83.6 Å². The number of carbonyl (C=O) groups is 1. The van der Waals surface area contributed by atoms with Crippen molar-refractivity contribution in [2.24, 2.45) is 0 Å². The number of pyridine rings is 1. The Bertz CT molecular complexity index is 926. The highest BCUT2D eigenvalue weighted by Crippen LogP contribution is 2.19. The van der Waals surface area contributed by atoms with E-state index in [0.717, 1.165) is 23.4 Å². The van der Waals surface area contributed by atoms with Crippen LogP contribution in [0.2, 0.25) is 0 Å². The van der Waals surface area contributed by atoms with Gasteiger partial charge in [-0.1, -0.05) is 18.2 Å². The summed E-state index contributed by atoms with van der Waals surface area (Å²) in [5.41, 5.74) is 0.748. The normalized spacial score (nSPS) is 10.3. The topological polar surface area (TPSA) is 63.2 Å². The van der Waals surface area contributed by atoms with Gasteiger partial charge in [0, 0.05) is 18.3 Å². The second-order valence-electron chi connectivity index (χ2n) is 5.68. The molecule has 3 aromatic rings. The number of benzene rings is 2. The Morgan fingerprint density at radius 1 is 1.07 bits per heavy atom. The molecule has 0 saturated heterocycles. The van der Waals surface area contributed by atoms with Crippen molar-refractivity contribution in [2.75, 3.05) is 17.7 Å². The molecule has 1 aromatic heterocycles. The van der Waals surface area contributed by atoms with Crippen molar-refractivity contribution in [3.63, 3.8) is 0 Å². The molecule has 1 amide bonds. The van der Waals surface area contributed by atoms with Crippen molar-refractivity contribution in [1.29, 1.82) is 0 Å². The van der Waals surface area contributed by atoms with E-state index in [0.29, 0.717) is 12.4 Å². The van der Waals surface area contributed by atoms with Gasteiger partial charge in [0.25, 0.3) is 5.91 Å². The smallest absolute Gasteiger partial charge is 0.256 e. The summed E-state index contributed by atoms with van der Waals surface area (Å²) < 4.78 is 32.5. The van der Waals surface area contributed by atoms with Crippen LogP contribution in [-0.4, -0.2) is 18.0 Å². The highest BCUT2D eigenvalue weighted by molar-refractivity contribution is 6.04. The van der Waals surface area contributed by atoms with E-state index in [-0.39, 0.29) is 5.56 Å². The Morgan fingerprint density at radius 3 is 2.44 bits per heavy atom. The summed E-state index contributed by atoms with van der Waals surface area (Å²) in [5.74, 6) is -1.08. The number of nitrogens with one attached hydrogen (secondary N) is 2. The first-order chi connectivity index (χ1) is 13.1. The molecule has 0 atom stereocenters. The predicted octanol–water partition coefficient (Wildman–Crippen LogP) is 4.23. The third-order valence-electron chi connectivity index (χ3n) is 3.86. The molecule has 1 heterocycles. The summed E-state index contributed by atoms with van der Waals surface area (Å²) >= 11 is 0. The number of rotatable bonds is 6. The lowest BCUT2D eigenvalue weighted by atomic mass is 10.2. The number of anilines is 2. The minimum absolute atomic E-state index is 0.227. The molecule has 2 aromatic carbocycles. The van der Waals surface area contributed by atoms with Gasteiger partial charge in [-0.2, -0.15) is 0 Å². The molecule has 7 heteroatoms. The van der Waals surface area contributed by atoms with Crippen LogP contribution in [0.15, 0.2) is 60.8 Å². The molecule has 0 spiro atoms. The zero-order chi connectivity index (χ0) is 19.2. The van der Waals surface area contributed by atoms with E-state index in [2.05, 4.69) is 15.6 Å². The first-order valence-electron chi connectivity index (χ1n) is 8.15. The standard InChI is InChI=1S/C20H17F2N3O2/c1-27-15-7-5-13(6-8-15)12-24-18-11-14(9-10-23-18)20(26)25-19-16(21)3-2-4-17(19)22/h2-11H,12H2,1H3,(H,23,24)(H,25,26). The minimum atomic E-state index is -0.838. The van der Waals surface area contributed by atoms with Gasteiger partial charge in [-0.3, -0.25) is 4.79 Å².